The zero-order chi connectivity index (χ0) is 44.1. The van der Waals surface area contributed by atoms with E-state index in [1.807, 2.05) is 41.5 Å². The molecule has 2 unspecified atom stereocenters. The van der Waals surface area contributed by atoms with Gasteiger partial charge in [0.2, 0.25) is 5.13 Å². The van der Waals surface area contributed by atoms with Crippen molar-refractivity contribution < 1.29 is 53.2 Å². The van der Waals surface area contributed by atoms with Crippen molar-refractivity contribution in [3.05, 3.63) is 79.8 Å². The fourth-order valence-corrected chi connectivity index (χ4v) is 10.4. The number of carbonyl (C=O) groups excluding carboxylic acids is 3. The first-order valence-electron chi connectivity index (χ1n) is 18.7. The highest BCUT2D eigenvalue weighted by atomic mass is 32.2. The number of nitrogens with zero attached hydrogens (tertiary/aromatic N) is 9. The molecule has 1 saturated heterocycles. The highest BCUT2D eigenvalue weighted by Crippen LogP contribution is 2.46. The van der Waals surface area contributed by atoms with Gasteiger partial charge in [0.25, 0.3) is 11.8 Å². The van der Waals surface area contributed by atoms with Crippen LogP contribution in [0.2, 0.25) is 0 Å². The smallest absolute Gasteiger partial charge is 0.353 e. The fraction of sp³-hybridized carbons (Fsp3) is 0.389. The Balaban J connectivity index is 0.929. The largest absolute Gasteiger partial charge is 0.477 e. The van der Waals surface area contributed by atoms with Gasteiger partial charge in [0.15, 0.2) is 34.1 Å². The topological polar surface area (TPSA) is 280 Å². The van der Waals surface area contributed by atoms with Crippen LogP contribution in [-0.2, 0) is 53.5 Å². The number of amides is 2. The third kappa shape index (κ3) is 10.1. The molecule has 0 bridgehead atoms. The van der Waals surface area contributed by atoms with Crippen molar-refractivity contribution in [2.24, 2.45) is 12.2 Å². The van der Waals surface area contributed by atoms with Crippen LogP contribution >= 0.6 is 46.4 Å². The molecule has 0 aromatic carbocycles. The van der Waals surface area contributed by atoms with Gasteiger partial charge in [0, 0.05) is 64.3 Å². The van der Waals surface area contributed by atoms with Gasteiger partial charge >= 0.3 is 17.8 Å². The SMILES string of the molecule is CCO/N=C(/Cc1nsc(NCC2=C(COCC(O)Cn3c([N+](=O)[O-])cnc3C)OC(=O)C2)n1)C(=O)N[C@H]1C(=O)N2C(C(=O)O)=C(Sc3nc(-c4cc[n+](C)cc4)cs3)CSC12. The number of pyridine rings is 1. The monoisotopic (exact) mass is 928 g/mol. The number of ether oxygens (including phenoxy) is 2. The van der Waals surface area contributed by atoms with E-state index in [0.29, 0.717) is 25.8 Å². The number of thioether (sulfide) groups is 2. The molecule has 4 N–H and O–H groups in total. The Labute approximate surface area is 368 Å². The molecule has 1 fully saturated rings. The molecule has 26 heteroatoms. The molecule has 326 valence electrons. The summed E-state index contributed by atoms with van der Waals surface area (Å²) in [5.74, 6) is -2.23. The number of anilines is 1. The number of fused-ring (bicyclic) bond motifs is 1. The molecule has 7 heterocycles. The van der Waals surface area contributed by atoms with Crippen LogP contribution in [0.3, 0.4) is 0 Å². The minimum absolute atomic E-state index is 0.0210. The summed E-state index contributed by atoms with van der Waals surface area (Å²) in [6.07, 6.45) is 3.62. The van der Waals surface area contributed by atoms with Gasteiger partial charge in [-0.2, -0.15) is 4.37 Å². The summed E-state index contributed by atoms with van der Waals surface area (Å²) in [7, 11) is 1.91. The zero-order valence-electron chi connectivity index (χ0n) is 33.1. The van der Waals surface area contributed by atoms with Gasteiger partial charge in [-0.05, 0) is 11.8 Å². The number of hydrogen-bond acceptors (Lipinski definition) is 20. The second-order valence-corrected chi connectivity index (χ2v) is 17.7. The molecule has 3 atom stereocenters. The molecule has 4 aromatic rings. The first kappa shape index (κ1) is 44.3. The molecule has 4 aromatic heterocycles. The molecule has 3 aliphatic rings. The minimum atomic E-state index is -1.27. The van der Waals surface area contributed by atoms with Crippen LogP contribution < -0.4 is 15.2 Å². The Hall–Kier alpha value is -5.80. The van der Waals surface area contributed by atoms with Crippen molar-refractivity contribution in [1.82, 2.24) is 34.1 Å². The molecule has 62 heavy (non-hydrogen) atoms. The highest BCUT2D eigenvalue weighted by Gasteiger charge is 2.54. The molecule has 22 nitrogen and oxygen atoms in total. The number of aryl methyl sites for hydroxylation is 2. The number of esters is 1. The average molecular weight is 929 g/mol. The summed E-state index contributed by atoms with van der Waals surface area (Å²) in [6.45, 7) is 3.07. The van der Waals surface area contributed by atoms with E-state index in [0.717, 1.165) is 29.0 Å². The van der Waals surface area contributed by atoms with Gasteiger partial charge in [0.05, 0.1) is 25.1 Å². The number of carboxylic acid groups (broad SMARTS) is 1. The number of nitro groups is 1. The van der Waals surface area contributed by atoms with Gasteiger partial charge in [-0.25, -0.2) is 28.9 Å². The first-order valence-corrected chi connectivity index (χ1v) is 22.2. The Morgan fingerprint density at radius 3 is 2.79 bits per heavy atom. The number of carboxylic acids is 1. The molecule has 3 aliphatic heterocycles. The summed E-state index contributed by atoms with van der Waals surface area (Å²) in [5, 5.41) is 43.2. The maximum Gasteiger partial charge on any atom is 0.353 e. The molecular weight excluding hydrogens is 891 g/mol. The molecule has 0 aliphatic carbocycles. The average Bonchev–Trinajstić information content (AvgIpc) is 4.05. The number of hydrogen-bond donors (Lipinski definition) is 4. The number of thiazole rings is 1. The Bertz CT molecular complexity index is 2480. The van der Waals surface area contributed by atoms with Crippen molar-refractivity contribution in [1.29, 1.82) is 0 Å². The molecular formula is C36H38N11O11S4+. The Morgan fingerprint density at radius 1 is 1.26 bits per heavy atom. The van der Waals surface area contributed by atoms with Crippen molar-refractivity contribution in [2.75, 3.05) is 37.4 Å². The Kier molecular flexibility index (Phi) is 13.9. The van der Waals surface area contributed by atoms with Crippen LogP contribution in [0, 0.1) is 17.0 Å². The van der Waals surface area contributed by atoms with E-state index in [2.05, 4.69) is 35.1 Å². The fourth-order valence-electron chi connectivity index (χ4n) is 6.32. The lowest BCUT2D eigenvalue weighted by Crippen LogP contribution is -2.71. The van der Waals surface area contributed by atoms with E-state index in [-0.39, 0.29) is 80.3 Å². The van der Waals surface area contributed by atoms with Crippen LogP contribution in [0.4, 0.5) is 10.9 Å². The third-order valence-electron chi connectivity index (χ3n) is 9.35. The maximum absolute atomic E-state index is 13.6. The van der Waals surface area contributed by atoms with Gasteiger partial charge < -0.3 is 45.3 Å². The van der Waals surface area contributed by atoms with Crippen LogP contribution in [0.5, 0.6) is 0 Å². The predicted octanol–water partition coefficient (Wildman–Crippen LogP) is 2.01. The lowest BCUT2D eigenvalue weighted by molar-refractivity contribution is -0.671. The van der Waals surface area contributed by atoms with Crippen LogP contribution in [0.1, 0.15) is 25.0 Å². The van der Waals surface area contributed by atoms with E-state index in [1.165, 1.54) is 44.3 Å². The van der Waals surface area contributed by atoms with Gasteiger partial charge in [-0.15, -0.1) is 23.1 Å². The van der Waals surface area contributed by atoms with E-state index < -0.39 is 46.2 Å². The molecule has 2 amide bonds. The van der Waals surface area contributed by atoms with Crippen molar-refractivity contribution in [3.63, 3.8) is 0 Å². The quantitative estimate of drug-likeness (QED) is 0.0246. The van der Waals surface area contributed by atoms with E-state index in [1.54, 1.807) is 13.8 Å². The molecule has 0 spiro atoms. The molecule has 0 radical (unpaired) electrons. The summed E-state index contributed by atoms with van der Waals surface area (Å²) in [6, 6.07) is 2.84. The van der Waals surface area contributed by atoms with Gasteiger partial charge in [0.1, 0.15) is 62.0 Å². The predicted molar refractivity (Wildman–Crippen MR) is 224 cm³/mol. The number of aliphatic hydroxyl groups excluding tert-OH is 1. The maximum atomic E-state index is 13.6. The number of imidazole rings is 1. The normalized spacial score (nSPS) is 18.1. The number of nitrogens with one attached hydrogen (secondary N) is 2. The van der Waals surface area contributed by atoms with E-state index >= 15 is 0 Å². The number of β-lactam (4-membered cyclic amide) rings is 1. The standard InChI is InChI=1S/C36H37N11O11S4/c1-4-57-42-22(10-26-40-35(62-43-26)38-11-20-9-28(49)58-24(20)15-56-14-21(48)13-45-18(2)37-12-27(45)47(54)55)31(50)41-29-32(51)46-30(34(52)53)25(17-59-33(29)46)61-36-39-23(16-60-36)19-5-7-44(3)8-6-19/h5-8,12,16,21,29,33,48H,4,9-11,13-15,17H2,1-3H3,(H2-,38,40,41,43,50,52,53)/p+1/b42-22-/t21?,29-,33?/m0/s1. The van der Waals surface area contributed by atoms with Crippen molar-refractivity contribution in [2.45, 2.75) is 55.1 Å². The second kappa shape index (κ2) is 19.5. The van der Waals surface area contributed by atoms with E-state index in [9.17, 15) is 39.5 Å². The lowest BCUT2D eigenvalue weighted by atomic mass is 10.0. The van der Waals surface area contributed by atoms with Gasteiger partial charge in [-0.3, -0.25) is 19.3 Å². The number of aromatic nitrogens is 6. The number of aliphatic carboxylic acids is 1. The molecule has 7 rings (SSSR count). The number of rotatable bonds is 20. The third-order valence-corrected chi connectivity index (χ3v) is 13.5. The summed E-state index contributed by atoms with van der Waals surface area (Å²) < 4.78 is 19.0. The summed E-state index contributed by atoms with van der Waals surface area (Å²) in [4.78, 5) is 82.2. The first-order chi connectivity index (χ1) is 29.8. The number of oxime groups is 1. The summed E-state index contributed by atoms with van der Waals surface area (Å²) >= 11 is 4.89. The summed E-state index contributed by atoms with van der Waals surface area (Å²) in [5.41, 5.74) is 1.98. The minimum Gasteiger partial charge on any atom is -0.477 e. The highest BCUT2D eigenvalue weighted by molar-refractivity contribution is 8.07. The number of aliphatic hydroxyl groups is 1. The van der Waals surface area contributed by atoms with Crippen molar-refractivity contribution in [3.8, 4) is 11.3 Å². The molecule has 0 saturated carbocycles. The van der Waals surface area contributed by atoms with Crippen LogP contribution in [0.15, 0.2) is 67.5 Å². The van der Waals surface area contributed by atoms with Crippen LogP contribution in [0.25, 0.3) is 11.3 Å². The van der Waals surface area contributed by atoms with Gasteiger partial charge in [-0.1, -0.05) is 16.9 Å². The number of cyclic esters (lactones) is 1. The Morgan fingerprint density at radius 2 is 2.05 bits per heavy atom. The van der Waals surface area contributed by atoms with Crippen molar-refractivity contribution >= 4 is 86.8 Å². The number of carbonyl (C=O) groups is 4. The second-order valence-electron chi connectivity index (χ2n) is 13.7. The lowest BCUT2D eigenvalue weighted by Gasteiger charge is -2.49. The van der Waals surface area contributed by atoms with Crippen LogP contribution in [-0.4, -0.2) is 123 Å². The zero-order valence-corrected chi connectivity index (χ0v) is 36.3. The van der Waals surface area contributed by atoms with E-state index in [4.69, 9.17) is 14.3 Å².